The zero-order chi connectivity index (χ0) is 13.3. The van der Waals surface area contributed by atoms with Crippen LogP contribution in [0.4, 0.5) is 0 Å². The zero-order valence-electron chi connectivity index (χ0n) is 9.50. The van der Waals surface area contributed by atoms with Crippen LogP contribution < -0.4 is 9.88 Å². The van der Waals surface area contributed by atoms with E-state index in [2.05, 4.69) is 10.1 Å². The van der Waals surface area contributed by atoms with Crippen LogP contribution in [0, 0.1) is 0 Å². The lowest BCUT2D eigenvalue weighted by atomic mass is 10.5. The fraction of sp³-hybridized carbons (Fsp3) is 0.333. The molecule has 98 valence electrons. The average molecular weight is 291 g/mol. The zero-order valence-corrected chi connectivity index (χ0v) is 11.1. The smallest absolute Gasteiger partial charge is 0.258 e. The van der Waals surface area contributed by atoms with Gasteiger partial charge in [-0.2, -0.15) is 4.52 Å². The van der Waals surface area contributed by atoms with Gasteiger partial charge in [0.1, 0.15) is 0 Å². The van der Waals surface area contributed by atoms with Crippen molar-refractivity contribution in [2.75, 3.05) is 6.61 Å². The molecule has 0 aromatic carbocycles. The van der Waals surface area contributed by atoms with Crippen molar-refractivity contribution in [3.63, 3.8) is 0 Å². The van der Waals surface area contributed by atoms with Crippen molar-refractivity contribution in [3.05, 3.63) is 17.3 Å². The van der Waals surface area contributed by atoms with Gasteiger partial charge in [-0.25, -0.2) is 18.5 Å². The minimum absolute atomic E-state index is 0.211. The number of aromatic nitrogens is 3. The van der Waals surface area contributed by atoms with Crippen LogP contribution in [0.15, 0.2) is 17.2 Å². The van der Waals surface area contributed by atoms with Gasteiger partial charge in [0, 0.05) is 6.07 Å². The highest BCUT2D eigenvalue weighted by Crippen LogP contribution is 2.21. The van der Waals surface area contributed by atoms with Crippen LogP contribution in [-0.4, -0.2) is 29.6 Å². The van der Waals surface area contributed by atoms with Gasteiger partial charge in [0.2, 0.25) is 10.9 Å². The molecule has 0 saturated carbocycles. The third-order valence-corrected chi connectivity index (χ3v) is 3.38. The van der Waals surface area contributed by atoms with Crippen LogP contribution in [-0.2, 0) is 10.0 Å². The lowest BCUT2D eigenvalue weighted by Crippen LogP contribution is -2.16. The summed E-state index contributed by atoms with van der Waals surface area (Å²) in [5, 5.41) is 8.50. The number of nitrogens with two attached hydrogens (primary N) is 1. The molecule has 2 rings (SSSR count). The Balaban J connectivity index is 2.60. The minimum Gasteiger partial charge on any atom is -0.477 e. The number of primary sulfonamides is 1. The van der Waals surface area contributed by atoms with Crippen molar-refractivity contribution >= 4 is 27.3 Å². The molecule has 0 atom stereocenters. The van der Waals surface area contributed by atoms with E-state index in [9.17, 15) is 8.42 Å². The second-order valence-corrected chi connectivity index (χ2v) is 5.38. The number of rotatable bonds is 4. The van der Waals surface area contributed by atoms with Gasteiger partial charge in [0.05, 0.1) is 6.61 Å². The maximum Gasteiger partial charge on any atom is 0.258 e. The molecule has 2 N–H and O–H groups in total. The first-order valence-corrected chi connectivity index (χ1v) is 7.07. The number of fused-ring (bicyclic) bond motifs is 1. The highest BCUT2D eigenvalue weighted by atomic mass is 35.5. The van der Waals surface area contributed by atoms with Crippen molar-refractivity contribution in [1.29, 1.82) is 0 Å². The molecule has 0 saturated heterocycles. The van der Waals surface area contributed by atoms with E-state index >= 15 is 0 Å². The van der Waals surface area contributed by atoms with Crippen LogP contribution in [0.25, 0.3) is 5.65 Å². The average Bonchev–Trinajstić information content (AvgIpc) is 2.60. The topological polar surface area (TPSA) is 99.6 Å². The van der Waals surface area contributed by atoms with Crippen LogP contribution >= 0.6 is 11.6 Å². The standard InChI is InChI=1S/C9H11ClN4O3S/c1-2-5-17-7-4-3-6-12-8(10)9(14(6)13-7)18(11,15)16/h3-4H,2,5H2,1H3,(H2,11,15,16). The quantitative estimate of drug-likeness (QED) is 0.898. The van der Waals surface area contributed by atoms with Crippen molar-refractivity contribution in [2.24, 2.45) is 5.14 Å². The summed E-state index contributed by atoms with van der Waals surface area (Å²) in [6.07, 6.45) is 0.812. The number of hydrogen-bond donors (Lipinski definition) is 1. The predicted octanol–water partition coefficient (Wildman–Crippen LogP) is 0.819. The first kappa shape index (κ1) is 13.1. The Kier molecular flexibility index (Phi) is 3.42. The molecule has 2 aromatic rings. The number of ether oxygens (including phenoxy) is 1. The summed E-state index contributed by atoms with van der Waals surface area (Å²) >= 11 is 5.74. The van der Waals surface area contributed by atoms with E-state index in [1.54, 1.807) is 12.1 Å². The molecular weight excluding hydrogens is 280 g/mol. The Morgan fingerprint density at radius 2 is 2.22 bits per heavy atom. The molecular formula is C9H11ClN4O3S. The molecule has 0 aliphatic heterocycles. The van der Waals surface area contributed by atoms with Gasteiger partial charge >= 0.3 is 0 Å². The fourth-order valence-corrected chi connectivity index (χ4v) is 2.54. The molecule has 9 heteroatoms. The maximum atomic E-state index is 11.4. The molecule has 18 heavy (non-hydrogen) atoms. The summed E-state index contributed by atoms with van der Waals surface area (Å²) < 4.78 is 29.2. The molecule has 0 unspecified atom stereocenters. The number of imidazole rings is 1. The van der Waals surface area contributed by atoms with E-state index in [0.717, 1.165) is 10.9 Å². The Hall–Kier alpha value is -1.38. The van der Waals surface area contributed by atoms with Gasteiger partial charge in [-0.05, 0) is 12.5 Å². The third-order valence-electron chi connectivity index (χ3n) is 2.10. The fourth-order valence-electron chi connectivity index (χ4n) is 1.39. The first-order chi connectivity index (χ1) is 8.43. The summed E-state index contributed by atoms with van der Waals surface area (Å²) in [5.41, 5.74) is 0.285. The predicted molar refractivity (Wildman–Crippen MR) is 65.2 cm³/mol. The van der Waals surface area contributed by atoms with Gasteiger partial charge in [-0.15, -0.1) is 5.10 Å². The van der Waals surface area contributed by atoms with Crippen LogP contribution in [0.1, 0.15) is 13.3 Å². The molecule has 0 amide bonds. The van der Waals surface area contributed by atoms with E-state index in [0.29, 0.717) is 6.61 Å². The second-order valence-electron chi connectivity index (χ2n) is 3.54. The third kappa shape index (κ3) is 2.40. The number of nitrogens with zero attached hydrogens (tertiary/aromatic N) is 3. The molecule has 7 nitrogen and oxygen atoms in total. The molecule has 0 bridgehead atoms. The minimum atomic E-state index is -4.00. The van der Waals surface area contributed by atoms with Crippen molar-refractivity contribution in [1.82, 2.24) is 14.6 Å². The van der Waals surface area contributed by atoms with Crippen LogP contribution in [0.5, 0.6) is 5.88 Å². The largest absolute Gasteiger partial charge is 0.477 e. The first-order valence-electron chi connectivity index (χ1n) is 5.14. The molecule has 0 aliphatic carbocycles. The van der Waals surface area contributed by atoms with Gasteiger partial charge in [0.25, 0.3) is 10.0 Å². The van der Waals surface area contributed by atoms with Crippen molar-refractivity contribution in [3.8, 4) is 5.88 Å². The second kappa shape index (κ2) is 4.71. The monoisotopic (exact) mass is 290 g/mol. The van der Waals surface area contributed by atoms with E-state index in [1.165, 1.54) is 0 Å². The van der Waals surface area contributed by atoms with E-state index in [-0.39, 0.29) is 21.7 Å². The van der Waals surface area contributed by atoms with Gasteiger partial charge in [-0.3, -0.25) is 0 Å². The lowest BCUT2D eigenvalue weighted by molar-refractivity contribution is 0.299. The molecule has 0 fully saturated rings. The van der Waals surface area contributed by atoms with Crippen molar-refractivity contribution < 1.29 is 13.2 Å². The normalized spacial score (nSPS) is 11.9. The Labute approximate surface area is 109 Å². The van der Waals surface area contributed by atoms with E-state index < -0.39 is 10.0 Å². The van der Waals surface area contributed by atoms with Gasteiger partial charge in [0.15, 0.2) is 10.8 Å². The number of halogens is 1. The van der Waals surface area contributed by atoms with Crippen LogP contribution in [0.3, 0.4) is 0 Å². The Morgan fingerprint density at radius 3 is 2.83 bits per heavy atom. The maximum absolute atomic E-state index is 11.4. The lowest BCUT2D eigenvalue weighted by Gasteiger charge is -2.04. The summed E-state index contributed by atoms with van der Waals surface area (Å²) in [7, 11) is -4.00. The Morgan fingerprint density at radius 1 is 1.50 bits per heavy atom. The summed E-state index contributed by atoms with van der Waals surface area (Å²) in [6, 6.07) is 3.14. The highest BCUT2D eigenvalue weighted by Gasteiger charge is 2.22. The summed E-state index contributed by atoms with van der Waals surface area (Å²) in [5.74, 6) is 0.281. The number of sulfonamides is 1. The highest BCUT2D eigenvalue weighted by molar-refractivity contribution is 7.89. The van der Waals surface area contributed by atoms with Gasteiger partial charge < -0.3 is 4.74 Å². The Bertz CT molecular complexity index is 682. The molecule has 0 radical (unpaired) electrons. The molecule has 0 spiro atoms. The molecule has 2 aromatic heterocycles. The molecule has 2 heterocycles. The molecule has 0 aliphatic rings. The summed E-state index contributed by atoms with van der Waals surface area (Å²) in [6.45, 7) is 2.42. The number of hydrogen-bond acceptors (Lipinski definition) is 5. The SMILES string of the molecule is CCCOc1ccc2nc(Cl)c(S(N)(=O)=O)n2n1. The van der Waals surface area contributed by atoms with Crippen molar-refractivity contribution in [2.45, 2.75) is 18.4 Å². The summed E-state index contributed by atoms with van der Waals surface area (Å²) in [4.78, 5) is 3.85. The van der Waals surface area contributed by atoms with Gasteiger partial charge in [-0.1, -0.05) is 18.5 Å². The van der Waals surface area contributed by atoms with Crippen LogP contribution in [0.2, 0.25) is 5.15 Å². The van der Waals surface area contributed by atoms with E-state index in [1.807, 2.05) is 6.92 Å². The van der Waals surface area contributed by atoms with E-state index in [4.69, 9.17) is 21.5 Å².